The number of thiophene rings is 4. The number of rotatable bonds is 18. The normalized spacial score (nSPS) is 11.3. The van der Waals surface area contributed by atoms with Crippen LogP contribution < -0.4 is 4.90 Å². The van der Waals surface area contributed by atoms with Crippen molar-refractivity contribution in [1.82, 2.24) is 0 Å². The summed E-state index contributed by atoms with van der Waals surface area (Å²) in [6, 6.07) is 43.8. The van der Waals surface area contributed by atoms with Crippen molar-refractivity contribution in [2.24, 2.45) is 0 Å². The fourth-order valence-corrected chi connectivity index (χ4v) is 10.8. The molecule has 276 valence electrons. The maximum absolute atomic E-state index is 11.4. The molecule has 3 aromatic carbocycles. The first kappa shape index (κ1) is 38.0. The van der Waals surface area contributed by atoms with Gasteiger partial charge in [-0.15, -0.1) is 45.3 Å². The van der Waals surface area contributed by atoms with Gasteiger partial charge in [0.05, 0.1) is 0 Å². The molecular weight excluding hydrogens is 739 g/mol. The molecule has 0 radical (unpaired) electrons. The molecule has 0 bridgehead atoms. The maximum Gasteiger partial charge on any atom is 0.345 e. The molecule has 1 N–H and O–H groups in total. The molecule has 0 amide bonds. The molecule has 0 atom stereocenters. The zero-order valence-corrected chi connectivity index (χ0v) is 34.3. The monoisotopic (exact) mass is 785 g/mol. The van der Waals surface area contributed by atoms with Crippen LogP contribution in [-0.2, 0) is 12.8 Å². The van der Waals surface area contributed by atoms with E-state index in [1.165, 1.54) is 106 Å². The second-order valence-corrected chi connectivity index (χ2v) is 18.3. The van der Waals surface area contributed by atoms with E-state index in [0.717, 1.165) is 37.3 Å². The molecule has 0 aliphatic carbocycles. The highest BCUT2D eigenvalue weighted by molar-refractivity contribution is 7.24. The van der Waals surface area contributed by atoms with Crippen molar-refractivity contribution in [2.45, 2.75) is 78.1 Å². The van der Waals surface area contributed by atoms with E-state index >= 15 is 0 Å². The van der Waals surface area contributed by atoms with Gasteiger partial charge in [-0.25, -0.2) is 4.79 Å². The highest BCUT2D eigenvalue weighted by Gasteiger charge is 2.16. The molecule has 0 unspecified atom stereocenters. The number of aromatic carboxylic acids is 1. The van der Waals surface area contributed by atoms with Crippen molar-refractivity contribution < 1.29 is 9.90 Å². The Hall–Kier alpha value is -4.27. The van der Waals surface area contributed by atoms with E-state index in [9.17, 15) is 9.90 Å². The molecule has 0 fully saturated rings. The Bertz CT molecular complexity index is 2140. The molecule has 0 spiro atoms. The van der Waals surface area contributed by atoms with Crippen LogP contribution in [-0.4, -0.2) is 11.1 Å². The van der Waals surface area contributed by atoms with E-state index in [0.29, 0.717) is 4.88 Å². The lowest BCUT2D eigenvalue weighted by molar-refractivity contribution is 0.0702. The number of anilines is 3. The zero-order chi connectivity index (χ0) is 37.3. The predicted octanol–water partition coefficient (Wildman–Crippen LogP) is 16.0. The van der Waals surface area contributed by atoms with Gasteiger partial charge in [0.2, 0.25) is 0 Å². The zero-order valence-electron chi connectivity index (χ0n) is 31.1. The van der Waals surface area contributed by atoms with Crippen LogP contribution in [0.5, 0.6) is 0 Å². The second-order valence-electron chi connectivity index (χ2n) is 13.8. The van der Waals surface area contributed by atoms with Gasteiger partial charge in [-0.05, 0) is 127 Å². The molecular formula is C47H47NO2S4. The Balaban J connectivity index is 1.14. The number of hydrogen-bond donors (Lipinski definition) is 1. The molecule has 4 aromatic heterocycles. The van der Waals surface area contributed by atoms with E-state index in [-0.39, 0.29) is 0 Å². The first-order valence-electron chi connectivity index (χ1n) is 19.2. The highest BCUT2D eigenvalue weighted by atomic mass is 32.1. The molecule has 3 nitrogen and oxygen atoms in total. The third-order valence-corrected chi connectivity index (χ3v) is 14.6. The van der Waals surface area contributed by atoms with Crippen LogP contribution in [0.1, 0.15) is 84.6 Å². The van der Waals surface area contributed by atoms with Crippen molar-refractivity contribution in [1.29, 1.82) is 0 Å². The Kier molecular flexibility index (Phi) is 12.9. The van der Waals surface area contributed by atoms with Crippen LogP contribution in [0.15, 0.2) is 121 Å². The van der Waals surface area contributed by atoms with E-state index < -0.39 is 5.97 Å². The van der Waals surface area contributed by atoms with Gasteiger partial charge in [0, 0.05) is 51.2 Å². The summed E-state index contributed by atoms with van der Waals surface area (Å²) in [4.78, 5) is 23.0. The summed E-state index contributed by atoms with van der Waals surface area (Å²) >= 11 is 6.86. The first-order chi connectivity index (χ1) is 26.5. The summed E-state index contributed by atoms with van der Waals surface area (Å²) in [5, 5.41) is 9.39. The number of aryl methyl sites for hydroxylation is 2. The van der Waals surface area contributed by atoms with E-state index in [1.54, 1.807) is 17.4 Å². The Morgan fingerprint density at radius 2 is 0.833 bits per heavy atom. The summed E-state index contributed by atoms with van der Waals surface area (Å²) in [5.74, 6) is -0.880. The maximum atomic E-state index is 11.4. The van der Waals surface area contributed by atoms with E-state index in [2.05, 4.69) is 128 Å². The Morgan fingerprint density at radius 3 is 1.26 bits per heavy atom. The molecule has 54 heavy (non-hydrogen) atoms. The minimum Gasteiger partial charge on any atom is -0.477 e. The number of hydrogen-bond acceptors (Lipinski definition) is 6. The molecule has 0 aliphatic heterocycles. The standard InChI is InChI=1S/C47H47NO2S4/c1-3-5-7-9-11-39-25-27-41(51-39)33-13-19-36(20-14-33)48(37-21-15-34(16-22-37)42-28-26-40(52-42)12-10-8-6-4-2)38-23-17-35(18-24-38)43-29-30-44(53-43)45-31-32-46(54-45)47(49)50/h13-32H,3-12H2,1-2H3,(H,49,50). The molecule has 0 saturated carbocycles. The van der Waals surface area contributed by atoms with Gasteiger partial charge in [-0.2, -0.15) is 0 Å². The van der Waals surface area contributed by atoms with Crippen molar-refractivity contribution in [3.05, 3.63) is 136 Å². The lowest BCUT2D eigenvalue weighted by Crippen LogP contribution is -2.09. The average molecular weight is 786 g/mol. The predicted molar refractivity (Wildman–Crippen MR) is 237 cm³/mol. The van der Waals surface area contributed by atoms with Crippen LogP contribution in [0.2, 0.25) is 0 Å². The number of benzene rings is 3. The topological polar surface area (TPSA) is 40.5 Å². The minimum atomic E-state index is -0.880. The lowest BCUT2D eigenvalue weighted by atomic mass is 10.1. The van der Waals surface area contributed by atoms with Gasteiger partial charge in [0.15, 0.2) is 0 Å². The third kappa shape index (κ3) is 9.32. The quantitative estimate of drug-likeness (QED) is 0.0881. The van der Waals surface area contributed by atoms with Gasteiger partial charge in [-0.3, -0.25) is 0 Å². The van der Waals surface area contributed by atoms with Crippen molar-refractivity contribution in [3.63, 3.8) is 0 Å². The summed E-state index contributed by atoms with van der Waals surface area (Å²) in [7, 11) is 0. The fourth-order valence-electron chi connectivity index (χ4n) is 6.77. The number of carbonyl (C=O) groups is 1. The number of carboxylic acid groups (broad SMARTS) is 1. The number of carboxylic acids is 1. The fraction of sp³-hybridized carbons (Fsp3) is 0.255. The van der Waals surface area contributed by atoms with E-state index in [4.69, 9.17) is 0 Å². The summed E-state index contributed by atoms with van der Waals surface area (Å²) in [5.41, 5.74) is 6.98. The van der Waals surface area contributed by atoms with Crippen LogP contribution in [0.25, 0.3) is 41.1 Å². The number of unbranched alkanes of at least 4 members (excludes halogenated alkanes) is 6. The molecule has 0 aliphatic rings. The molecule has 0 saturated heterocycles. The van der Waals surface area contributed by atoms with Gasteiger partial charge >= 0.3 is 5.97 Å². The molecule has 7 rings (SSSR count). The lowest BCUT2D eigenvalue weighted by Gasteiger charge is -2.26. The SMILES string of the molecule is CCCCCCc1ccc(-c2ccc(N(c3ccc(-c4ccc(CCCCCC)s4)cc3)c3ccc(-c4ccc(-c5ccc(C(=O)O)s5)s4)cc3)cc2)s1. The highest BCUT2D eigenvalue weighted by Crippen LogP contribution is 2.41. The van der Waals surface area contributed by atoms with E-state index in [1.807, 2.05) is 28.7 Å². The summed E-state index contributed by atoms with van der Waals surface area (Å²) in [6.45, 7) is 4.53. The summed E-state index contributed by atoms with van der Waals surface area (Å²) < 4.78 is 0. The third-order valence-electron chi connectivity index (χ3n) is 9.77. The average Bonchev–Trinajstić information content (AvgIpc) is 4.04. The minimum absolute atomic E-state index is 0.362. The van der Waals surface area contributed by atoms with Crippen LogP contribution in [0.3, 0.4) is 0 Å². The largest absolute Gasteiger partial charge is 0.477 e. The molecule has 7 aromatic rings. The van der Waals surface area contributed by atoms with Gasteiger partial charge in [-0.1, -0.05) is 88.8 Å². The van der Waals surface area contributed by atoms with Gasteiger partial charge in [0.25, 0.3) is 0 Å². The number of nitrogens with zero attached hydrogens (tertiary/aromatic N) is 1. The van der Waals surface area contributed by atoms with Crippen molar-refractivity contribution in [3.8, 4) is 41.1 Å². The van der Waals surface area contributed by atoms with Gasteiger partial charge in [0.1, 0.15) is 4.88 Å². The van der Waals surface area contributed by atoms with Gasteiger partial charge < -0.3 is 10.0 Å². The second kappa shape index (κ2) is 18.4. The first-order valence-corrected chi connectivity index (χ1v) is 22.5. The molecule has 7 heteroatoms. The Morgan fingerprint density at radius 1 is 0.444 bits per heavy atom. The van der Waals surface area contributed by atoms with Crippen LogP contribution in [0, 0.1) is 0 Å². The summed E-state index contributed by atoms with van der Waals surface area (Å²) in [6.07, 6.45) is 12.7. The van der Waals surface area contributed by atoms with Crippen LogP contribution >= 0.6 is 45.3 Å². The van der Waals surface area contributed by atoms with Crippen LogP contribution in [0.4, 0.5) is 17.1 Å². The Labute approximate surface area is 336 Å². The molecule has 4 heterocycles. The smallest absolute Gasteiger partial charge is 0.345 e. The van der Waals surface area contributed by atoms with Crippen molar-refractivity contribution in [2.75, 3.05) is 4.90 Å². The van der Waals surface area contributed by atoms with Crippen molar-refractivity contribution >= 4 is 68.4 Å².